The second-order valence-electron chi connectivity index (χ2n) is 7.45. The van der Waals surface area contributed by atoms with Crippen LogP contribution in [-0.4, -0.2) is 63.1 Å². The third-order valence-corrected chi connectivity index (χ3v) is 5.65. The predicted octanol–water partition coefficient (Wildman–Crippen LogP) is 0.768. The molecule has 2 aliphatic rings. The van der Waals surface area contributed by atoms with Gasteiger partial charge in [0.15, 0.2) is 0 Å². The summed E-state index contributed by atoms with van der Waals surface area (Å²) in [7, 11) is 0. The third kappa shape index (κ3) is 4.03. The number of rotatable bonds is 5. The molecule has 138 valence electrons. The first kappa shape index (κ1) is 17.9. The Bertz CT molecular complexity index is 621. The number of hydrogen-bond acceptors (Lipinski definition) is 4. The zero-order valence-electron chi connectivity index (χ0n) is 15.2. The highest BCUT2D eigenvalue weighted by Gasteiger charge is 2.35. The van der Waals surface area contributed by atoms with Gasteiger partial charge in [0.2, 0.25) is 11.8 Å². The lowest BCUT2D eigenvalue weighted by Crippen LogP contribution is -2.52. The van der Waals surface area contributed by atoms with Crippen molar-refractivity contribution in [1.82, 2.24) is 19.6 Å². The van der Waals surface area contributed by atoms with Crippen LogP contribution in [0, 0.1) is 12.8 Å². The van der Waals surface area contributed by atoms with Crippen LogP contribution in [-0.2, 0) is 16.1 Å². The molecule has 1 aromatic rings. The van der Waals surface area contributed by atoms with Gasteiger partial charge in [-0.1, -0.05) is 0 Å². The van der Waals surface area contributed by atoms with Crippen molar-refractivity contribution in [2.75, 3.05) is 19.6 Å². The maximum atomic E-state index is 12.9. The van der Waals surface area contributed by atoms with Gasteiger partial charge in [-0.15, -0.1) is 0 Å². The van der Waals surface area contributed by atoms with Crippen LogP contribution in [0.4, 0.5) is 0 Å². The van der Waals surface area contributed by atoms with Gasteiger partial charge in [-0.3, -0.25) is 19.2 Å². The van der Waals surface area contributed by atoms with E-state index in [1.54, 1.807) is 0 Å². The minimum absolute atomic E-state index is 0.0815. The zero-order valence-corrected chi connectivity index (χ0v) is 15.2. The van der Waals surface area contributed by atoms with E-state index < -0.39 is 0 Å². The zero-order chi connectivity index (χ0) is 18.0. The summed E-state index contributed by atoms with van der Waals surface area (Å²) in [5, 5.41) is 4.38. The molecule has 0 radical (unpaired) electrons. The summed E-state index contributed by atoms with van der Waals surface area (Å²) < 4.78 is 1.98. The lowest BCUT2D eigenvalue weighted by molar-refractivity contribution is -0.139. The molecule has 3 rings (SSSR count). The van der Waals surface area contributed by atoms with Crippen molar-refractivity contribution in [2.45, 2.75) is 58.2 Å². The number of aryl methyl sites for hydroxylation is 1. The fourth-order valence-electron chi connectivity index (χ4n) is 4.14. The van der Waals surface area contributed by atoms with Crippen molar-refractivity contribution in [1.29, 1.82) is 0 Å². The molecule has 0 bridgehead atoms. The largest absolute Gasteiger partial charge is 0.369 e. The number of hydrogen-bond donors (Lipinski definition) is 1. The molecule has 1 aromatic heterocycles. The van der Waals surface area contributed by atoms with Gasteiger partial charge < -0.3 is 10.6 Å². The normalized spacial score (nSPS) is 23.8. The molecule has 7 nitrogen and oxygen atoms in total. The van der Waals surface area contributed by atoms with Gasteiger partial charge in [-0.2, -0.15) is 5.10 Å². The second-order valence-corrected chi connectivity index (χ2v) is 7.45. The summed E-state index contributed by atoms with van der Waals surface area (Å²) in [6.07, 6.45) is 7.51. The maximum Gasteiger partial charge on any atom is 0.239 e. The molecule has 0 saturated carbocycles. The standard InChI is InChI=1S/C18H29N5O2/c1-13-10-20-22(11-13)12-16-4-3-7-23(16)14(2)18(25)21-8-5-15(6-9-21)17(19)24/h10-11,14-16H,3-9,12H2,1-2H3,(H2,19,24)/t14-,16+/m0/s1. The molecule has 2 amide bonds. The molecular formula is C18H29N5O2. The monoisotopic (exact) mass is 347 g/mol. The van der Waals surface area contributed by atoms with E-state index in [0.29, 0.717) is 32.0 Å². The Morgan fingerprint density at radius 3 is 2.60 bits per heavy atom. The lowest BCUT2D eigenvalue weighted by Gasteiger charge is -2.36. The predicted molar refractivity (Wildman–Crippen MR) is 94.7 cm³/mol. The molecule has 7 heteroatoms. The Balaban J connectivity index is 1.58. The summed E-state index contributed by atoms with van der Waals surface area (Å²) in [4.78, 5) is 28.4. The Kier molecular flexibility index (Phi) is 5.42. The molecule has 0 unspecified atom stereocenters. The van der Waals surface area contributed by atoms with Crippen LogP contribution >= 0.6 is 0 Å². The van der Waals surface area contributed by atoms with Crippen molar-refractivity contribution in [3.63, 3.8) is 0 Å². The van der Waals surface area contributed by atoms with E-state index in [-0.39, 0.29) is 23.8 Å². The smallest absolute Gasteiger partial charge is 0.239 e. The number of nitrogens with zero attached hydrogens (tertiary/aromatic N) is 4. The van der Waals surface area contributed by atoms with Crippen molar-refractivity contribution in [2.24, 2.45) is 11.7 Å². The van der Waals surface area contributed by atoms with Crippen molar-refractivity contribution >= 4 is 11.8 Å². The maximum absolute atomic E-state index is 12.9. The highest BCUT2D eigenvalue weighted by atomic mass is 16.2. The molecule has 2 aliphatic heterocycles. The molecule has 0 aliphatic carbocycles. The number of likely N-dealkylation sites (tertiary alicyclic amines) is 2. The van der Waals surface area contributed by atoms with E-state index >= 15 is 0 Å². The average molecular weight is 347 g/mol. The summed E-state index contributed by atoms with van der Waals surface area (Å²) >= 11 is 0. The summed E-state index contributed by atoms with van der Waals surface area (Å²) in [5.74, 6) is -0.150. The van der Waals surface area contributed by atoms with Crippen molar-refractivity contribution < 1.29 is 9.59 Å². The quantitative estimate of drug-likeness (QED) is 0.852. The van der Waals surface area contributed by atoms with E-state index in [9.17, 15) is 9.59 Å². The van der Waals surface area contributed by atoms with Crippen LogP contribution in [0.2, 0.25) is 0 Å². The van der Waals surface area contributed by atoms with E-state index in [1.165, 1.54) is 0 Å². The number of carbonyl (C=O) groups is 2. The summed E-state index contributed by atoms with van der Waals surface area (Å²) in [6, 6.07) is 0.218. The van der Waals surface area contributed by atoms with E-state index in [2.05, 4.69) is 16.2 Å². The number of carbonyl (C=O) groups excluding carboxylic acids is 2. The minimum Gasteiger partial charge on any atom is -0.369 e. The van der Waals surface area contributed by atoms with Crippen LogP contribution < -0.4 is 5.73 Å². The molecule has 2 fully saturated rings. The second kappa shape index (κ2) is 7.56. The van der Waals surface area contributed by atoms with Gasteiger partial charge in [-0.05, 0) is 51.6 Å². The van der Waals surface area contributed by atoms with Gasteiger partial charge in [0, 0.05) is 31.2 Å². The van der Waals surface area contributed by atoms with E-state index in [4.69, 9.17) is 5.73 Å². The third-order valence-electron chi connectivity index (χ3n) is 5.65. The van der Waals surface area contributed by atoms with Crippen LogP contribution in [0.15, 0.2) is 12.4 Å². The van der Waals surface area contributed by atoms with Gasteiger partial charge in [0.1, 0.15) is 0 Å². The first-order chi connectivity index (χ1) is 12.0. The Hall–Kier alpha value is -1.89. The molecule has 25 heavy (non-hydrogen) atoms. The number of primary amides is 1. The summed E-state index contributed by atoms with van der Waals surface area (Å²) in [6.45, 7) is 7.10. The molecule has 0 spiro atoms. The van der Waals surface area contributed by atoms with Gasteiger partial charge in [-0.25, -0.2) is 0 Å². The molecule has 3 heterocycles. The molecule has 2 atom stereocenters. The Morgan fingerprint density at radius 2 is 2.00 bits per heavy atom. The van der Waals surface area contributed by atoms with Crippen LogP contribution in [0.1, 0.15) is 38.2 Å². The number of piperidine rings is 1. The van der Waals surface area contributed by atoms with Crippen LogP contribution in [0.25, 0.3) is 0 Å². The SMILES string of the molecule is Cc1cnn(C[C@H]2CCCN2[C@@H](C)C(=O)N2CCC(C(N)=O)CC2)c1. The number of aromatic nitrogens is 2. The number of amides is 2. The van der Waals surface area contributed by atoms with Crippen molar-refractivity contribution in [3.8, 4) is 0 Å². The minimum atomic E-state index is -0.241. The first-order valence-corrected chi connectivity index (χ1v) is 9.28. The van der Waals surface area contributed by atoms with Gasteiger partial charge >= 0.3 is 0 Å². The Morgan fingerprint density at radius 1 is 1.28 bits per heavy atom. The topological polar surface area (TPSA) is 84.5 Å². The van der Waals surface area contributed by atoms with E-state index in [0.717, 1.165) is 31.5 Å². The fraction of sp³-hybridized carbons (Fsp3) is 0.722. The molecule has 2 saturated heterocycles. The van der Waals surface area contributed by atoms with Crippen LogP contribution in [0.3, 0.4) is 0 Å². The lowest BCUT2D eigenvalue weighted by atomic mass is 9.96. The average Bonchev–Trinajstić information content (AvgIpc) is 3.23. The first-order valence-electron chi connectivity index (χ1n) is 9.28. The highest BCUT2D eigenvalue weighted by molar-refractivity contribution is 5.82. The molecular weight excluding hydrogens is 318 g/mol. The van der Waals surface area contributed by atoms with E-state index in [1.807, 2.05) is 29.6 Å². The molecule has 2 N–H and O–H groups in total. The number of nitrogens with two attached hydrogens (primary N) is 1. The van der Waals surface area contributed by atoms with Gasteiger partial charge in [0.25, 0.3) is 0 Å². The Labute approximate surface area is 149 Å². The van der Waals surface area contributed by atoms with Crippen molar-refractivity contribution in [3.05, 3.63) is 18.0 Å². The van der Waals surface area contributed by atoms with Gasteiger partial charge in [0.05, 0.1) is 18.8 Å². The molecule has 0 aromatic carbocycles. The van der Waals surface area contributed by atoms with Crippen LogP contribution in [0.5, 0.6) is 0 Å². The highest BCUT2D eigenvalue weighted by Crippen LogP contribution is 2.24. The summed E-state index contributed by atoms with van der Waals surface area (Å²) in [5.41, 5.74) is 6.54. The fourth-order valence-corrected chi connectivity index (χ4v) is 4.14.